The molecule has 0 spiro atoms. The maximum absolute atomic E-state index is 11.8. The van der Waals surface area contributed by atoms with Crippen molar-refractivity contribution in [2.45, 2.75) is 0 Å². The van der Waals surface area contributed by atoms with E-state index in [1.165, 1.54) is 23.1 Å². The second-order valence-electron chi connectivity index (χ2n) is 3.93. The summed E-state index contributed by atoms with van der Waals surface area (Å²) in [5, 5.41) is 27.6. The summed E-state index contributed by atoms with van der Waals surface area (Å²) < 4.78 is 0. The molecule has 0 radical (unpaired) electrons. The van der Waals surface area contributed by atoms with E-state index in [0.717, 1.165) is 0 Å². The zero-order valence-corrected chi connectivity index (χ0v) is 8.63. The van der Waals surface area contributed by atoms with Gasteiger partial charge in [0.2, 0.25) is 0 Å². The number of phenols is 2. The highest BCUT2D eigenvalue weighted by atomic mass is 16.3. The first-order valence-electron chi connectivity index (χ1n) is 5.04. The Bertz CT molecular complexity index is 412. The molecule has 5 heteroatoms. The van der Waals surface area contributed by atoms with Gasteiger partial charge in [-0.15, -0.1) is 0 Å². The zero-order valence-electron chi connectivity index (χ0n) is 8.63. The highest BCUT2D eigenvalue weighted by molar-refractivity contribution is 5.98. The summed E-state index contributed by atoms with van der Waals surface area (Å²) >= 11 is 0. The largest absolute Gasteiger partial charge is 0.504 e. The van der Waals surface area contributed by atoms with Gasteiger partial charge in [-0.1, -0.05) is 6.07 Å². The number of amides is 1. The highest BCUT2D eigenvalue weighted by Crippen LogP contribution is 2.30. The van der Waals surface area contributed by atoms with Crippen molar-refractivity contribution in [2.24, 2.45) is 5.92 Å². The number of hydrogen-bond acceptors (Lipinski definition) is 4. The molecule has 0 aliphatic carbocycles. The number of likely N-dealkylation sites (tertiary alicyclic amines) is 1. The van der Waals surface area contributed by atoms with Gasteiger partial charge in [0.1, 0.15) is 0 Å². The molecule has 0 bridgehead atoms. The SMILES string of the molecule is O=C(c1cccc(O)c1O)N1CC(CO)C1. The number of nitrogens with zero attached hydrogens (tertiary/aromatic N) is 1. The average Bonchev–Trinajstić information content (AvgIpc) is 2.20. The Morgan fingerprint density at radius 3 is 2.69 bits per heavy atom. The smallest absolute Gasteiger partial charge is 0.257 e. The number of phenolic OH excluding ortho intramolecular Hbond substituents is 2. The van der Waals surface area contributed by atoms with Crippen LogP contribution in [0.4, 0.5) is 0 Å². The molecule has 1 saturated heterocycles. The maximum atomic E-state index is 11.8. The zero-order chi connectivity index (χ0) is 11.7. The summed E-state index contributed by atoms with van der Waals surface area (Å²) in [6.07, 6.45) is 0. The van der Waals surface area contributed by atoms with E-state index in [0.29, 0.717) is 13.1 Å². The summed E-state index contributed by atoms with van der Waals surface area (Å²) in [6.45, 7) is 1.05. The number of rotatable bonds is 2. The molecular formula is C11H13NO4. The molecule has 2 rings (SSSR count). The van der Waals surface area contributed by atoms with Crippen LogP contribution in [0.1, 0.15) is 10.4 Å². The maximum Gasteiger partial charge on any atom is 0.257 e. The minimum Gasteiger partial charge on any atom is -0.504 e. The van der Waals surface area contributed by atoms with Crippen LogP contribution in [-0.2, 0) is 0 Å². The predicted molar refractivity (Wildman–Crippen MR) is 56.3 cm³/mol. The Morgan fingerprint density at radius 2 is 2.06 bits per heavy atom. The molecule has 5 nitrogen and oxygen atoms in total. The number of aliphatic hydroxyl groups excluding tert-OH is 1. The molecule has 0 atom stereocenters. The van der Waals surface area contributed by atoms with Gasteiger partial charge in [-0.05, 0) is 12.1 Å². The molecule has 0 saturated carbocycles. The van der Waals surface area contributed by atoms with Crippen LogP contribution >= 0.6 is 0 Å². The van der Waals surface area contributed by atoms with E-state index in [2.05, 4.69) is 0 Å². The van der Waals surface area contributed by atoms with Gasteiger partial charge in [0, 0.05) is 25.6 Å². The number of aliphatic hydroxyl groups is 1. The average molecular weight is 223 g/mol. The number of carbonyl (C=O) groups excluding carboxylic acids is 1. The van der Waals surface area contributed by atoms with E-state index < -0.39 is 0 Å². The second kappa shape index (κ2) is 4.02. The van der Waals surface area contributed by atoms with Crippen LogP contribution in [0.15, 0.2) is 18.2 Å². The second-order valence-corrected chi connectivity index (χ2v) is 3.93. The van der Waals surface area contributed by atoms with Gasteiger partial charge in [0.05, 0.1) is 5.56 Å². The highest BCUT2D eigenvalue weighted by Gasteiger charge is 2.31. The van der Waals surface area contributed by atoms with Crippen molar-refractivity contribution < 1.29 is 20.1 Å². The lowest BCUT2D eigenvalue weighted by molar-refractivity contribution is 0.0359. The van der Waals surface area contributed by atoms with Gasteiger partial charge >= 0.3 is 0 Å². The van der Waals surface area contributed by atoms with Crippen LogP contribution in [0.3, 0.4) is 0 Å². The molecule has 16 heavy (non-hydrogen) atoms. The van der Waals surface area contributed by atoms with E-state index >= 15 is 0 Å². The van der Waals surface area contributed by atoms with Crippen LogP contribution in [0.2, 0.25) is 0 Å². The third-order valence-electron chi connectivity index (χ3n) is 2.75. The normalized spacial score (nSPS) is 15.9. The predicted octanol–water partition coefficient (Wildman–Crippen LogP) is 0.162. The number of hydrogen-bond donors (Lipinski definition) is 3. The fourth-order valence-electron chi connectivity index (χ4n) is 1.73. The molecule has 1 aromatic rings. The Morgan fingerprint density at radius 1 is 1.38 bits per heavy atom. The Kier molecular flexibility index (Phi) is 2.70. The fourth-order valence-corrected chi connectivity index (χ4v) is 1.73. The van der Waals surface area contributed by atoms with E-state index in [1.54, 1.807) is 0 Å². The number of benzene rings is 1. The Balaban J connectivity index is 2.13. The molecule has 1 aliphatic rings. The summed E-state index contributed by atoms with van der Waals surface area (Å²) in [4.78, 5) is 13.4. The van der Waals surface area contributed by atoms with Crippen molar-refractivity contribution in [2.75, 3.05) is 19.7 Å². The van der Waals surface area contributed by atoms with E-state index in [9.17, 15) is 15.0 Å². The first-order chi connectivity index (χ1) is 7.63. The van der Waals surface area contributed by atoms with E-state index in [-0.39, 0.29) is 35.5 Å². The van der Waals surface area contributed by atoms with Gasteiger partial charge in [-0.2, -0.15) is 0 Å². The summed E-state index contributed by atoms with van der Waals surface area (Å²) in [7, 11) is 0. The van der Waals surface area contributed by atoms with Crippen molar-refractivity contribution in [1.82, 2.24) is 4.90 Å². The monoisotopic (exact) mass is 223 g/mol. The molecular weight excluding hydrogens is 210 g/mol. The number of carbonyl (C=O) groups is 1. The third kappa shape index (κ3) is 1.69. The molecule has 1 heterocycles. The van der Waals surface area contributed by atoms with Crippen molar-refractivity contribution >= 4 is 5.91 Å². The Hall–Kier alpha value is -1.75. The van der Waals surface area contributed by atoms with Crippen LogP contribution in [0, 0.1) is 5.92 Å². The molecule has 1 aliphatic heterocycles. The van der Waals surface area contributed by atoms with Crippen molar-refractivity contribution in [1.29, 1.82) is 0 Å². The Labute approximate surface area is 92.6 Å². The molecule has 1 fully saturated rings. The molecule has 0 unspecified atom stereocenters. The lowest BCUT2D eigenvalue weighted by Crippen LogP contribution is -2.51. The lowest BCUT2D eigenvalue weighted by Gasteiger charge is -2.38. The van der Waals surface area contributed by atoms with Gasteiger partial charge in [-0.25, -0.2) is 0 Å². The lowest BCUT2D eigenvalue weighted by atomic mass is 9.99. The summed E-state index contributed by atoms with van der Waals surface area (Å²) in [5.41, 5.74) is 0.0939. The van der Waals surface area contributed by atoms with E-state index in [4.69, 9.17) is 5.11 Å². The first kappa shape index (κ1) is 10.8. The molecule has 0 aromatic heterocycles. The summed E-state index contributed by atoms with van der Waals surface area (Å²) in [6, 6.07) is 4.29. The molecule has 3 N–H and O–H groups in total. The first-order valence-corrected chi connectivity index (χ1v) is 5.04. The van der Waals surface area contributed by atoms with Gasteiger partial charge in [-0.3, -0.25) is 4.79 Å². The van der Waals surface area contributed by atoms with Crippen LogP contribution in [0.25, 0.3) is 0 Å². The van der Waals surface area contributed by atoms with Crippen LogP contribution in [0.5, 0.6) is 11.5 Å². The molecule has 1 amide bonds. The van der Waals surface area contributed by atoms with Crippen molar-refractivity contribution in [3.05, 3.63) is 23.8 Å². The fraction of sp³-hybridized carbons (Fsp3) is 0.364. The minimum absolute atomic E-state index is 0.0653. The number of para-hydroxylation sites is 1. The van der Waals surface area contributed by atoms with Crippen LogP contribution < -0.4 is 0 Å². The minimum atomic E-state index is -0.389. The van der Waals surface area contributed by atoms with Gasteiger partial charge in [0.25, 0.3) is 5.91 Å². The standard InChI is InChI=1S/C11H13NO4/c13-6-7-4-12(5-7)11(16)8-2-1-3-9(14)10(8)15/h1-3,7,13-15H,4-6H2. The van der Waals surface area contributed by atoms with Crippen molar-refractivity contribution in [3.8, 4) is 11.5 Å². The quantitative estimate of drug-likeness (QED) is 0.624. The van der Waals surface area contributed by atoms with E-state index in [1.807, 2.05) is 0 Å². The van der Waals surface area contributed by atoms with Gasteiger partial charge < -0.3 is 20.2 Å². The third-order valence-corrected chi connectivity index (χ3v) is 2.75. The topological polar surface area (TPSA) is 81.0 Å². The van der Waals surface area contributed by atoms with Crippen LogP contribution in [-0.4, -0.2) is 45.8 Å². The molecule has 1 aromatic carbocycles. The van der Waals surface area contributed by atoms with Crippen molar-refractivity contribution in [3.63, 3.8) is 0 Å². The number of aromatic hydroxyl groups is 2. The summed E-state index contributed by atoms with van der Waals surface area (Å²) in [5.74, 6) is -0.883. The molecule has 86 valence electrons. The van der Waals surface area contributed by atoms with Gasteiger partial charge in [0.15, 0.2) is 11.5 Å².